The van der Waals surface area contributed by atoms with E-state index in [0.29, 0.717) is 24.0 Å². The molecule has 0 saturated carbocycles. The third-order valence-electron chi connectivity index (χ3n) is 3.52. The quantitative estimate of drug-likeness (QED) is 0.762. The molecular weight excluding hydrogens is 305 g/mol. The molecule has 0 aliphatic heterocycles. The molecule has 0 amide bonds. The standard InChI is InChI=1S/C18H18FN5/c1-3-24(16-9-4-6-13(2)10-16)18-22-17(12-20-23-18)21-15-8-5-7-14(19)11-15/h4-12H,3H2,1-2H3,(H,21,22,23). The van der Waals surface area contributed by atoms with Crippen LogP contribution in [0.3, 0.4) is 0 Å². The maximum absolute atomic E-state index is 13.3. The number of nitrogens with zero attached hydrogens (tertiary/aromatic N) is 4. The first-order chi connectivity index (χ1) is 11.7. The van der Waals surface area contributed by atoms with Crippen molar-refractivity contribution in [2.75, 3.05) is 16.8 Å². The van der Waals surface area contributed by atoms with Crippen LogP contribution in [0.5, 0.6) is 0 Å². The molecule has 0 aliphatic rings. The third-order valence-corrected chi connectivity index (χ3v) is 3.52. The Bertz CT molecular complexity index is 837. The first-order valence-electron chi connectivity index (χ1n) is 7.72. The van der Waals surface area contributed by atoms with E-state index in [4.69, 9.17) is 0 Å². The van der Waals surface area contributed by atoms with Crippen LogP contribution in [0.4, 0.5) is 27.5 Å². The van der Waals surface area contributed by atoms with Gasteiger partial charge in [-0.25, -0.2) is 4.39 Å². The van der Waals surface area contributed by atoms with Crippen LogP contribution in [0, 0.1) is 12.7 Å². The van der Waals surface area contributed by atoms with E-state index in [1.807, 2.05) is 36.9 Å². The lowest BCUT2D eigenvalue weighted by Crippen LogP contribution is -2.19. The summed E-state index contributed by atoms with van der Waals surface area (Å²) < 4.78 is 13.3. The van der Waals surface area contributed by atoms with E-state index in [1.54, 1.807) is 12.1 Å². The first kappa shape index (κ1) is 15.9. The summed E-state index contributed by atoms with van der Waals surface area (Å²) >= 11 is 0. The van der Waals surface area contributed by atoms with Crippen molar-refractivity contribution >= 4 is 23.1 Å². The molecule has 2 aromatic carbocycles. The Hall–Kier alpha value is -3.02. The van der Waals surface area contributed by atoms with Crippen LogP contribution >= 0.6 is 0 Å². The molecule has 3 aromatic rings. The second-order valence-corrected chi connectivity index (χ2v) is 5.36. The summed E-state index contributed by atoms with van der Waals surface area (Å²) in [5, 5.41) is 11.2. The van der Waals surface area contributed by atoms with Crippen LogP contribution in [0.1, 0.15) is 12.5 Å². The van der Waals surface area contributed by atoms with Gasteiger partial charge in [0.2, 0.25) is 0 Å². The second kappa shape index (κ2) is 7.04. The van der Waals surface area contributed by atoms with E-state index in [1.165, 1.54) is 18.3 Å². The largest absolute Gasteiger partial charge is 0.339 e. The topological polar surface area (TPSA) is 53.9 Å². The highest BCUT2D eigenvalue weighted by Crippen LogP contribution is 2.23. The Balaban J connectivity index is 1.88. The normalized spacial score (nSPS) is 10.5. The summed E-state index contributed by atoms with van der Waals surface area (Å²) in [7, 11) is 0. The summed E-state index contributed by atoms with van der Waals surface area (Å²) in [5.41, 5.74) is 2.77. The number of nitrogens with one attached hydrogen (secondary N) is 1. The minimum atomic E-state index is -0.308. The van der Waals surface area contributed by atoms with Gasteiger partial charge in [0, 0.05) is 17.9 Å². The Labute approximate surface area is 140 Å². The number of aryl methyl sites for hydroxylation is 1. The zero-order valence-corrected chi connectivity index (χ0v) is 13.6. The molecule has 1 heterocycles. The van der Waals surface area contributed by atoms with Crippen LogP contribution in [0.2, 0.25) is 0 Å². The van der Waals surface area contributed by atoms with Crippen molar-refractivity contribution in [1.29, 1.82) is 0 Å². The van der Waals surface area contributed by atoms with Crippen molar-refractivity contribution in [1.82, 2.24) is 15.2 Å². The summed E-state index contributed by atoms with van der Waals surface area (Å²) in [6.45, 7) is 4.77. The summed E-state index contributed by atoms with van der Waals surface area (Å²) in [5.74, 6) is 0.693. The molecule has 24 heavy (non-hydrogen) atoms. The molecule has 0 unspecified atom stereocenters. The maximum Gasteiger partial charge on any atom is 0.251 e. The number of rotatable bonds is 5. The predicted molar refractivity (Wildman–Crippen MR) is 93.4 cm³/mol. The van der Waals surface area contributed by atoms with Gasteiger partial charge in [-0.1, -0.05) is 18.2 Å². The van der Waals surface area contributed by atoms with Gasteiger partial charge < -0.3 is 10.2 Å². The number of hydrogen-bond donors (Lipinski definition) is 1. The van der Waals surface area contributed by atoms with Crippen LogP contribution in [-0.4, -0.2) is 21.7 Å². The number of hydrogen-bond acceptors (Lipinski definition) is 5. The smallest absolute Gasteiger partial charge is 0.251 e. The van der Waals surface area contributed by atoms with E-state index in [0.717, 1.165) is 11.3 Å². The van der Waals surface area contributed by atoms with Gasteiger partial charge in [-0.3, -0.25) is 0 Å². The van der Waals surface area contributed by atoms with Crippen molar-refractivity contribution in [2.45, 2.75) is 13.8 Å². The molecule has 1 aromatic heterocycles. The van der Waals surface area contributed by atoms with E-state index >= 15 is 0 Å². The van der Waals surface area contributed by atoms with Gasteiger partial charge in [0.1, 0.15) is 5.82 Å². The van der Waals surface area contributed by atoms with Crippen molar-refractivity contribution in [3.8, 4) is 0 Å². The van der Waals surface area contributed by atoms with Crippen molar-refractivity contribution in [3.05, 3.63) is 66.1 Å². The highest BCUT2D eigenvalue weighted by atomic mass is 19.1. The Morgan fingerprint density at radius 3 is 2.71 bits per heavy atom. The zero-order valence-electron chi connectivity index (χ0n) is 13.6. The molecule has 0 spiro atoms. The van der Waals surface area contributed by atoms with Gasteiger partial charge in [-0.05, 0) is 49.7 Å². The van der Waals surface area contributed by atoms with E-state index in [2.05, 4.69) is 26.6 Å². The fraction of sp³-hybridized carbons (Fsp3) is 0.167. The Morgan fingerprint density at radius 1 is 1.12 bits per heavy atom. The second-order valence-electron chi connectivity index (χ2n) is 5.36. The number of halogens is 1. The molecule has 0 bridgehead atoms. The summed E-state index contributed by atoms with van der Waals surface area (Å²) in [6.07, 6.45) is 1.51. The van der Waals surface area contributed by atoms with Gasteiger partial charge in [0.05, 0.1) is 6.20 Å². The van der Waals surface area contributed by atoms with Crippen LogP contribution in [0.25, 0.3) is 0 Å². The van der Waals surface area contributed by atoms with E-state index in [9.17, 15) is 4.39 Å². The summed E-state index contributed by atoms with van der Waals surface area (Å²) in [6, 6.07) is 14.3. The van der Waals surface area contributed by atoms with Crippen molar-refractivity contribution in [2.24, 2.45) is 0 Å². The molecule has 3 rings (SSSR count). The van der Waals surface area contributed by atoms with Gasteiger partial charge in [0.25, 0.3) is 5.95 Å². The Morgan fingerprint density at radius 2 is 1.96 bits per heavy atom. The molecular formula is C18H18FN5. The average molecular weight is 323 g/mol. The molecule has 0 atom stereocenters. The molecule has 1 N–H and O–H groups in total. The van der Waals surface area contributed by atoms with Crippen LogP contribution in [0.15, 0.2) is 54.7 Å². The zero-order chi connectivity index (χ0) is 16.9. The lowest BCUT2D eigenvalue weighted by Gasteiger charge is -2.21. The molecule has 6 heteroatoms. The fourth-order valence-electron chi connectivity index (χ4n) is 2.42. The molecule has 0 aliphatic carbocycles. The SMILES string of the molecule is CCN(c1cccc(C)c1)c1nncc(Nc2cccc(F)c2)n1. The fourth-order valence-corrected chi connectivity index (χ4v) is 2.42. The lowest BCUT2D eigenvalue weighted by atomic mass is 10.2. The number of benzene rings is 2. The highest BCUT2D eigenvalue weighted by Gasteiger charge is 2.12. The van der Waals surface area contributed by atoms with Gasteiger partial charge >= 0.3 is 0 Å². The minimum Gasteiger partial charge on any atom is -0.339 e. The van der Waals surface area contributed by atoms with Gasteiger partial charge in [-0.15, -0.1) is 5.10 Å². The Kier molecular flexibility index (Phi) is 4.65. The third kappa shape index (κ3) is 3.65. The number of anilines is 4. The van der Waals surface area contributed by atoms with Crippen molar-refractivity contribution < 1.29 is 4.39 Å². The first-order valence-corrected chi connectivity index (χ1v) is 7.72. The van der Waals surface area contributed by atoms with E-state index < -0.39 is 0 Å². The summed E-state index contributed by atoms with van der Waals surface area (Å²) in [4.78, 5) is 6.46. The average Bonchev–Trinajstić information content (AvgIpc) is 2.56. The lowest BCUT2D eigenvalue weighted by molar-refractivity contribution is 0.628. The van der Waals surface area contributed by atoms with Crippen LogP contribution < -0.4 is 10.2 Å². The molecule has 122 valence electrons. The van der Waals surface area contributed by atoms with Crippen LogP contribution in [-0.2, 0) is 0 Å². The highest BCUT2D eigenvalue weighted by molar-refractivity contribution is 5.61. The van der Waals surface area contributed by atoms with E-state index in [-0.39, 0.29) is 5.82 Å². The monoisotopic (exact) mass is 323 g/mol. The number of aromatic nitrogens is 3. The molecule has 0 radical (unpaired) electrons. The van der Waals surface area contributed by atoms with Gasteiger partial charge in [-0.2, -0.15) is 10.1 Å². The maximum atomic E-state index is 13.3. The van der Waals surface area contributed by atoms with Crippen molar-refractivity contribution in [3.63, 3.8) is 0 Å². The minimum absolute atomic E-state index is 0.308. The molecule has 5 nitrogen and oxygen atoms in total. The molecule has 0 saturated heterocycles. The molecule has 0 fully saturated rings. The predicted octanol–water partition coefficient (Wildman–Crippen LogP) is 4.22. The van der Waals surface area contributed by atoms with Gasteiger partial charge in [0.15, 0.2) is 5.82 Å².